The highest BCUT2D eigenvalue weighted by atomic mass is 19.4. The van der Waals surface area contributed by atoms with Crippen molar-refractivity contribution in [1.29, 1.82) is 0 Å². The van der Waals surface area contributed by atoms with Crippen LogP contribution in [0.25, 0.3) is 0 Å². The summed E-state index contributed by atoms with van der Waals surface area (Å²) in [6.45, 7) is 5.83. The van der Waals surface area contributed by atoms with Crippen molar-refractivity contribution in [2.75, 3.05) is 0 Å². The first-order valence-corrected chi connectivity index (χ1v) is 6.41. The molecule has 0 bridgehead atoms. The van der Waals surface area contributed by atoms with Crippen LogP contribution in [0.3, 0.4) is 0 Å². The molecule has 0 atom stereocenters. The number of nitrogens with one attached hydrogen (secondary N) is 1. The molecular weight excluding hydrogens is 329 g/mol. The quantitative estimate of drug-likeness (QED) is 0.364. The first-order valence-electron chi connectivity index (χ1n) is 6.41. The van der Waals surface area contributed by atoms with Crippen LogP contribution in [0.1, 0.15) is 31.9 Å². The summed E-state index contributed by atoms with van der Waals surface area (Å²) in [5, 5.41) is 2.78. The number of benzene rings is 1. The molecule has 0 aliphatic rings. The summed E-state index contributed by atoms with van der Waals surface area (Å²) in [5.74, 6) is -6.24. The monoisotopic (exact) mass is 344 g/mol. The van der Waals surface area contributed by atoms with Crippen molar-refractivity contribution in [2.45, 2.75) is 44.3 Å². The third-order valence-corrected chi connectivity index (χ3v) is 2.95. The van der Waals surface area contributed by atoms with Gasteiger partial charge in [-0.05, 0) is 16.5 Å². The number of halogens is 7. The van der Waals surface area contributed by atoms with Gasteiger partial charge < -0.3 is 0 Å². The highest BCUT2D eigenvalue weighted by Gasteiger charge is 2.73. The van der Waals surface area contributed by atoms with E-state index in [0.29, 0.717) is 5.43 Å². The van der Waals surface area contributed by atoms with Crippen LogP contribution in [-0.4, -0.2) is 24.4 Å². The molecule has 2 nitrogen and oxygen atoms in total. The Morgan fingerprint density at radius 2 is 1.35 bits per heavy atom. The molecule has 9 heteroatoms. The summed E-state index contributed by atoms with van der Waals surface area (Å²) < 4.78 is 86.8. The second-order valence-corrected chi connectivity index (χ2v) is 5.89. The van der Waals surface area contributed by atoms with Gasteiger partial charge in [-0.25, -0.2) is 5.43 Å². The zero-order chi connectivity index (χ0) is 18.1. The molecule has 0 spiro atoms. The molecule has 0 saturated heterocycles. The second-order valence-electron chi connectivity index (χ2n) is 5.89. The van der Waals surface area contributed by atoms with E-state index in [1.165, 1.54) is 12.1 Å². The first-order chi connectivity index (χ1) is 10.2. The van der Waals surface area contributed by atoms with Gasteiger partial charge in [0, 0.05) is 0 Å². The Balaban J connectivity index is 2.83. The number of hydrazone groups is 1. The molecule has 0 aromatic heterocycles. The van der Waals surface area contributed by atoms with Gasteiger partial charge in [0.15, 0.2) is 0 Å². The van der Waals surface area contributed by atoms with Crippen LogP contribution in [0.15, 0.2) is 29.4 Å². The molecule has 1 aromatic rings. The largest absolute Gasteiger partial charge is 0.462 e. The number of hydrogen-bond donors (Lipinski definition) is 1. The van der Waals surface area contributed by atoms with Gasteiger partial charge >= 0.3 is 18.1 Å². The van der Waals surface area contributed by atoms with E-state index < -0.39 is 18.1 Å². The SMILES string of the molecule is CC(C)(C)c1ccc(/C=N/NC(F)(F)C(F)(F)C(F)(F)F)cc1. The fraction of sp³-hybridized carbons (Fsp3) is 0.500. The molecule has 0 fully saturated rings. The molecule has 0 aliphatic carbocycles. The molecule has 0 amide bonds. The average molecular weight is 344 g/mol. The van der Waals surface area contributed by atoms with Crippen molar-refractivity contribution in [2.24, 2.45) is 5.10 Å². The fourth-order valence-electron chi connectivity index (χ4n) is 1.51. The Morgan fingerprint density at radius 1 is 0.870 bits per heavy atom. The van der Waals surface area contributed by atoms with Gasteiger partial charge in [-0.3, -0.25) is 0 Å². The van der Waals surface area contributed by atoms with E-state index in [-0.39, 0.29) is 11.0 Å². The van der Waals surface area contributed by atoms with Crippen molar-refractivity contribution in [1.82, 2.24) is 5.43 Å². The summed E-state index contributed by atoms with van der Waals surface area (Å²) >= 11 is 0. The Morgan fingerprint density at radius 3 is 1.74 bits per heavy atom. The van der Waals surface area contributed by atoms with E-state index in [9.17, 15) is 30.7 Å². The molecule has 0 unspecified atom stereocenters. The zero-order valence-electron chi connectivity index (χ0n) is 12.5. The Bertz CT molecular complexity index is 554. The minimum atomic E-state index is -6.40. The average Bonchev–Trinajstić information content (AvgIpc) is 2.36. The van der Waals surface area contributed by atoms with E-state index in [1.807, 2.05) is 20.8 Å². The summed E-state index contributed by atoms with van der Waals surface area (Å²) in [5.41, 5.74) is 1.60. The predicted molar refractivity (Wildman–Crippen MR) is 71.8 cm³/mol. The van der Waals surface area contributed by atoms with Crippen LogP contribution in [0.5, 0.6) is 0 Å². The number of nitrogens with zero attached hydrogens (tertiary/aromatic N) is 1. The van der Waals surface area contributed by atoms with Crippen molar-refractivity contribution in [3.05, 3.63) is 35.4 Å². The summed E-state index contributed by atoms with van der Waals surface area (Å²) in [6.07, 6.45) is -5.67. The predicted octanol–water partition coefficient (Wildman–Crippen LogP) is 4.70. The summed E-state index contributed by atoms with van der Waals surface area (Å²) in [7, 11) is 0. The zero-order valence-corrected chi connectivity index (χ0v) is 12.5. The Kier molecular flexibility index (Phi) is 5.03. The molecule has 130 valence electrons. The lowest BCUT2D eigenvalue weighted by Gasteiger charge is -2.27. The van der Waals surface area contributed by atoms with Crippen molar-refractivity contribution in [3.8, 4) is 0 Å². The van der Waals surface area contributed by atoms with Crippen LogP contribution in [0, 0.1) is 0 Å². The number of hydrogen-bond acceptors (Lipinski definition) is 2. The van der Waals surface area contributed by atoms with Crippen molar-refractivity contribution in [3.63, 3.8) is 0 Å². The van der Waals surface area contributed by atoms with Gasteiger partial charge in [-0.15, -0.1) is 0 Å². The Hall–Kier alpha value is -1.80. The standard InChI is InChI=1S/C14H15F7N2/c1-11(2,3)10-6-4-9(5-7-10)8-22-23-14(20,21)12(15,16)13(17,18)19/h4-8,23H,1-3H3/b22-8+. The lowest BCUT2D eigenvalue weighted by molar-refractivity contribution is -0.361. The maximum absolute atomic E-state index is 12.9. The van der Waals surface area contributed by atoms with E-state index >= 15 is 0 Å². The molecule has 23 heavy (non-hydrogen) atoms. The molecule has 0 aliphatic heterocycles. The van der Waals surface area contributed by atoms with E-state index in [2.05, 4.69) is 5.10 Å². The van der Waals surface area contributed by atoms with Gasteiger partial charge in [-0.2, -0.15) is 35.8 Å². The Labute approximate surface area is 128 Å². The topological polar surface area (TPSA) is 24.4 Å². The normalized spacial score (nSPS) is 14.3. The lowest BCUT2D eigenvalue weighted by Crippen LogP contribution is -2.58. The fourth-order valence-corrected chi connectivity index (χ4v) is 1.51. The van der Waals surface area contributed by atoms with E-state index in [0.717, 1.165) is 11.8 Å². The van der Waals surface area contributed by atoms with E-state index in [1.54, 1.807) is 12.1 Å². The molecule has 1 rings (SSSR count). The molecule has 0 heterocycles. The van der Waals surface area contributed by atoms with Crippen LogP contribution in [0.4, 0.5) is 30.7 Å². The van der Waals surface area contributed by atoms with Gasteiger partial charge in [0.1, 0.15) is 0 Å². The van der Waals surface area contributed by atoms with Crippen LogP contribution in [-0.2, 0) is 5.41 Å². The highest BCUT2D eigenvalue weighted by Crippen LogP contribution is 2.44. The number of alkyl halides is 7. The van der Waals surface area contributed by atoms with Crippen molar-refractivity contribution >= 4 is 6.21 Å². The maximum atomic E-state index is 12.9. The lowest BCUT2D eigenvalue weighted by atomic mass is 9.87. The summed E-state index contributed by atoms with van der Waals surface area (Å²) in [4.78, 5) is 0. The third-order valence-electron chi connectivity index (χ3n) is 2.95. The first kappa shape index (κ1) is 19.2. The summed E-state index contributed by atoms with van der Waals surface area (Å²) in [6, 6.07) is 0.734. The third kappa shape index (κ3) is 4.35. The minimum absolute atomic E-state index is 0.157. The highest BCUT2D eigenvalue weighted by molar-refractivity contribution is 5.79. The van der Waals surface area contributed by atoms with Crippen LogP contribution in [0.2, 0.25) is 0 Å². The molecule has 0 radical (unpaired) electrons. The maximum Gasteiger partial charge on any atom is 0.462 e. The van der Waals surface area contributed by atoms with Gasteiger partial charge in [0.05, 0.1) is 6.21 Å². The van der Waals surface area contributed by atoms with Gasteiger partial charge in [0.25, 0.3) is 0 Å². The molecule has 1 N–H and O–H groups in total. The minimum Gasteiger partial charge on any atom is -0.242 e. The van der Waals surface area contributed by atoms with Crippen LogP contribution >= 0.6 is 0 Å². The van der Waals surface area contributed by atoms with Crippen molar-refractivity contribution < 1.29 is 30.7 Å². The van der Waals surface area contributed by atoms with Gasteiger partial charge in [0.2, 0.25) is 0 Å². The molecular formula is C14H15F7N2. The second kappa shape index (κ2) is 6.01. The van der Waals surface area contributed by atoms with Crippen LogP contribution < -0.4 is 5.43 Å². The van der Waals surface area contributed by atoms with E-state index in [4.69, 9.17) is 0 Å². The smallest absolute Gasteiger partial charge is 0.242 e. The molecule has 1 aromatic carbocycles. The number of rotatable bonds is 4. The molecule has 0 saturated carbocycles. The van der Waals surface area contributed by atoms with Gasteiger partial charge in [-0.1, -0.05) is 45.0 Å².